The second-order valence-corrected chi connectivity index (χ2v) is 9.84. The van der Waals surface area contributed by atoms with Crippen LogP contribution in [0.5, 0.6) is 0 Å². The summed E-state index contributed by atoms with van der Waals surface area (Å²) in [6, 6.07) is 10.9. The molecule has 164 valence electrons. The molecule has 4 rings (SSSR count). The van der Waals surface area contributed by atoms with Gasteiger partial charge in [0.05, 0.1) is 5.54 Å². The van der Waals surface area contributed by atoms with E-state index in [4.69, 9.17) is 5.73 Å². The Bertz CT molecular complexity index is 767. The van der Waals surface area contributed by atoms with E-state index in [1.807, 2.05) is 4.90 Å². The number of primary amides is 1. The van der Waals surface area contributed by atoms with E-state index in [1.165, 1.54) is 24.8 Å². The highest BCUT2D eigenvalue weighted by atomic mass is 16.2. The summed E-state index contributed by atoms with van der Waals surface area (Å²) in [6.07, 6.45) is 8.02. The first-order chi connectivity index (χ1) is 14.4. The highest BCUT2D eigenvalue weighted by Crippen LogP contribution is 2.49. The molecule has 0 radical (unpaired) electrons. The van der Waals surface area contributed by atoms with E-state index in [1.54, 1.807) is 0 Å². The molecule has 1 spiro atoms. The molecule has 3 fully saturated rings. The van der Waals surface area contributed by atoms with Crippen LogP contribution in [0.1, 0.15) is 56.9 Å². The van der Waals surface area contributed by atoms with Gasteiger partial charge in [-0.2, -0.15) is 0 Å². The van der Waals surface area contributed by atoms with Crippen LogP contribution in [0.3, 0.4) is 0 Å². The highest BCUT2D eigenvalue weighted by Gasteiger charge is 2.54. The van der Waals surface area contributed by atoms with Crippen molar-refractivity contribution < 1.29 is 9.59 Å². The lowest BCUT2D eigenvalue weighted by Gasteiger charge is -2.51. The molecular formula is C24H36N4O2. The fourth-order valence-electron chi connectivity index (χ4n) is 5.81. The summed E-state index contributed by atoms with van der Waals surface area (Å²) in [5.74, 6) is 0.296. The number of carbonyl (C=O) groups excluding carboxylic acids is 2. The lowest BCUT2D eigenvalue weighted by Crippen LogP contribution is -2.56. The molecule has 0 atom stereocenters. The molecule has 30 heavy (non-hydrogen) atoms. The van der Waals surface area contributed by atoms with E-state index >= 15 is 0 Å². The Morgan fingerprint density at radius 3 is 2.33 bits per heavy atom. The van der Waals surface area contributed by atoms with Crippen molar-refractivity contribution in [3.63, 3.8) is 0 Å². The molecular weight excluding hydrogens is 376 g/mol. The number of amides is 3. The maximum Gasteiger partial charge on any atom is 0.320 e. The van der Waals surface area contributed by atoms with E-state index in [9.17, 15) is 9.59 Å². The van der Waals surface area contributed by atoms with Crippen molar-refractivity contribution in [3.05, 3.63) is 35.9 Å². The minimum atomic E-state index is -0.339. The lowest BCUT2D eigenvalue weighted by atomic mass is 9.68. The summed E-state index contributed by atoms with van der Waals surface area (Å²) in [6.45, 7) is 2.03. The molecule has 2 saturated carbocycles. The van der Waals surface area contributed by atoms with Crippen LogP contribution >= 0.6 is 0 Å². The van der Waals surface area contributed by atoms with E-state index < -0.39 is 0 Å². The van der Waals surface area contributed by atoms with Gasteiger partial charge in [-0.3, -0.25) is 9.69 Å². The summed E-state index contributed by atoms with van der Waals surface area (Å²) in [5.41, 5.74) is 6.64. The minimum Gasteiger partial charge on any atom is -0.370 e. The SMILES string of the molecule is CN(C)[C@]1(c2ccccc2)CC[C@]2(CC1)CN(CCC(N)=O)C(=O)N2CC1CCC1. The number of nitrogens with zero attached hydrogens (tertiary/aromatic N) is 3. The predicted molar refractivity (Wildman–Crippen MR) is 118 cm³/mol. The Kier molecular flexibility index (Phi) is 5.80. The zero-order valence-electron chi connectivity index (χ0n) is 18.5. The number of nitrogens with two attached hydrogens (primary N) is 1. The summed E-state index contributed by atoms with van der Waals surface area (Å²) >= 11 is 0. The maximum atomic E-state index is 13.3. The number of benzene rings is 1. The van der Waals surface area contributed by atoms with Crippen molar-refractivity contribution in [2.24, 2.45) is 11.7 Å². The van der Waals surface area contributed by atoms with Crippen LogP contribution in [0.2, 0.25) is 0 Å². The minimum absolute atomic E-state index is 0.0122. The molecule has 0 unspecified atom stereocenters. The largest absolute Gasteiger partial charge is 0.370 e. The summed E-state index contributed by atoms with van der Waals surface area (Å²) in [7, 11) is 4.35. The van der Waals surface area contributed by atoms with E-state index in [0.29, 0.717) is 12.5 Å². The zero-order chi connectivity index (χ0) is 21.4. The normalized spacial score (nSPS) is 29.6. The summed E-state index contributed by atoms with van der Waals surface area (Å²) in [5, 5.41) is 0. The Balaban J connectivity index is 1.56. The van der Waals surface area contributed by atoms with Gasteiger partial charge in [-0.25, -0.2) is 4.79 Å². The summed E-state index contributed by atoms with van der Waals surface area (Å²) in [4.78, 5) is 31.1. The average Bonchev–Trinajstić information content (AvgIpc) is 2.95. The fraction of sp³-hybridized carbons (Fsp3) is 0.667. The van der Waals surface area contributed by atoms with E-state index in [2.05, 4.69) is 54.2 Å². The Hall–Kier alpha value is -2.08. The molecule has 6 heteroatoms. The second-order valence-electron chi connectivity index (χ2n) is 9.84. The van der Waals surface area contributed by atoms with Crippen molar-refractivity contribution in [3.8, 4) is 0 Å². The Morgan fingerprint density at radius 1 is 1.13 bits per heavy atom. The number of hydrogen-bond acceptors (Lipinski definition) is 3. The second kappa shape index (κ2) is 8.22. The predicted octanol–water partition coefficient (Wildman–Crippen LogP) is 3.17. The number of rotatable bonds is 7. The quantitative estimate of drug-likeness (QED) is 0.748. The van der Waals surface area contributed by atoms with Gasteiger partial charge < -0.3 is 15.5 Å². The molecule has 0 bridgehead atoms. The molecule has 1 heterocycles. The van der Waals surface area contributed by atoms with Crippen molar-refractivity contribution in [2.75, 3.05) is 33.7 Å². The first kappa shape index (κ1) is 21.2. The third-order valence-electron chi connectivity index (χ3n) is 8.03. The smallest absolute Gasteiger partial charge is 0.320 e. The van der Waals surface area contributed by atoms with Gasteiger partial charge >= 0.3 is 6.03 Å². The van der Waals surface area contributed by atoms with Crippen LogP contribution < -0.4 is 5.73 Å². The average molecular weight is 413 g/mol. The van der Waals surface area contributed by atoms with Crippen LogP contribution in [0.25, 0.3) is 0 Å². The number of hydrogen-bond donors (Lipinski definition) is 1. The molecule has 0 aromatic heterocycles. The third-order valence-corrected chi connectivity index (χ3v) is 8.03. The molecule has 3 aliphatic rings. The Morgan fingerprint density at radius 2 is 1.80 bits per heavy atom. The molecule has 3 amide bonds. The molecule has 1 saturated heterocycles. The van der Waals surface area contributed by atoms with Gasteiger partial charge in [-0.15, -0.1) is 0 Å². The van der Waals surface area contributed by atoms with Gasteiger partial charge in [-0.1, -0.05) is 36.8 Å². The van der Waals surface area contributed by atoms with Crippen LogP contribution in [-0.2, 0) is 10.3 Å². The molecule has 1 aliphatic heterocycles. The first-order valence-corrected chi connectivity index (χ1v) is 11.4. The molecule has 1 aromatic rings. The summed E-state index contributed by atoms with van der Waals surface area (Å²) < 4.78 is 0. The number of carbonyl (C=O) groups is 2. The van der Waals surface area contributed by atoms with Gasteiger partial charge in [0.15, 0.2) is 0 Å². The van der Waals surface area contributed by atoms with Crippen LogP contribution in [0, 0.1) is 5.92 Å². The third kappa shape index (κ3) is 3.70. The highest BCUT2D eigenvalue weighted by molar-refractivity contribution is 5.80. The van der Waals surface area contributed by atoms with Crippen molar-refractivity contribution in [1.29, 1.82) is 0 Å². The van der Waals surface area contributed by atoms with Crippen LogP contribution in [0.15, 0.2) is 30.3 Å². The fourth-order valence-corrected chi connectivity index (χ4v) is 5.81. The first-order valence-electron chi connectivity index (χ1n) is 11.4. The van der Waals surface area contributed by atoms with E-state index in [-0.39, 0.29) is 29.4 Å². The monoisotopic (exact) mass is 412 g/mol. The van der Waals surface area contributed by atoms with Crippen molar-refractivity contribution in [2.45, 2.75) is 62.4 Å². The standard InChI is InChI=1S/C24H36N4O2/c1-26(2)24(20-9-4-3-5-10-20)14-12-23(13-15-24)18-27(16-11-21(25)29)22(30)28(23)17-19-7-6-8-19/h3-5,9-10,19H,6-8,11-18H2,1-2H3,(H2,25,29)/t23-,24+. The van der Waals surface area contributed by atoms with Gasteiger partial charge in [0, 0.05) is 31.6 Å². The Labute approximate surface area is 180 Å². The zero-order valence-corrected chi connectivity index (χ0v) is 18.5. The van der Waals surface area contributed by atoms with Crippen LogP contribution in [0.4, 0.5) is 4.79 Å². The topological polar surface area (TPSA) is 69.9 Å². The van der Waals surface area contributed by atoms with Gasteiger partial charge in [-0.05, 0) is 64.1 Å². The van der Waals surface area contributed by atoms with Gasteiger partial charge in [0.2, 0.25) is 5.91 Å². The van der Waals surface area contributed by atoms with Gasteiger partial charge in [0.25, 0.3) is 0 Å². The van der Waals surface area contributed by atoms with Crippen molar-refractivity contribution in [1.82, 2.24) is 14.7 Å². The molecule has 2 aliphatic carbocycles. The maximum absolute atomic E-state index is 13.3. The lowest BCUT2D eigenvalue weighted by molar-refractivity contribution is -0.118. The molecule has 1 aromatic carbocycles. The number of urea groups is 1. The van der Waals surface area contributed by atoms with E-state index in [0.717, 1.165) is 38.8 Å². The van der Waals surface area contributed by atoms with Crippen LogP contribution in [-0.4, -0.2) is 65.9 Å². The molecule has 6 nitrogen and oxygen atoms in total. The van der Waals surface area contributed by atoms with Gasteiger partial charge in [0.1, 0.15) is 0 Å². The van der Waals surface area contributed by atoms with Crippen molar-refractivity contribution >= 4 is 11.9 Å². The molecule has 2 N–H and O–H groups in total.